The van der Waals surface area contributed by atoms with E-state index < -0.39 is 0 Å². The Morgan fingerprint density at radius 1 is 1.59 bits per heavy atom. The zero-order valence-electron chi connectivity index (χ0n) is 11.2. The minimum atomic E-state index is 0.0447. The summed E-state index contributed by atoms with van der Waals surface area (Å²) in [7, 11) is 0. The third-order valence-electron chi connectivity index (χ3n) is 3.82. The number of hydrogen-bond acceptors (Lipinski definition) is 4. The number of nitrogens with zero attached hydrogens (tertiary/aromatic N) is 2. The van der Waals surface area contributed by atoms with E-state index in [1.165, 1.54) is 11.4 Å². The van der Waals surface area contributed by atoms with Crippen LogP contribution in [0.2, 0.25) is 0 Å². The van der Waals surface area contributed by atoms with E-state index in [-0.39, 0.29) is 5.54 Å². The fourth-order valence-corrected chi connectivity index (χ4v) is 3.41. The maximum atomic E-state index is 4.50. The average Bonchev–Trinajstić information content (AvgIpc) is 2.83. The Morgan fingerprint density at radius 3 is 2.94 bits per heavy atom. The predicted molar refractivity (Wildman–Crippen MR) is 73.4 cm³/mol. The number of hydrogen-bond donors (Lipinski definition) is 1. The molecule has 0 radical (unpaired) electrons. The maximum Gasteiger partial charge on any atom is 0.112 e. The molecule has 4 heteroatoms. The second-order valence-corrected chi connectivity index (χ2v) is 6.31. The zero-order chi connectivity index (χ0) is 12.5. The molecular weight excluding hydrogens is 230 g/mol. The Balaban J connectivity index is 2.19. The molecule has 0 aromatic carbocycles. The van der Waals surface area contributed by atoms with E-state index in [0.717, 1.165) is 13.1 Å². The molecule has 1 aromatic heterocycles. The van der Waals surface area contributed by atoms with Gasteiger partial charge in [0.2, 0.25) is 0 Å². The second-order valence-electron chi connectivity index (χ2n) is 5.41. The van der Waals surface area contributed by atoms with Crippen LogP contribution < -0.4 is 5.32 Å². The third kappa shape index (κ3) is 2.54. The van der Waals surface area contributed by atoms with Gasteiger partial charge in [0, 0.05) is 36.8 Å². The normalized spacial score (nSPS) is 27.3. The molecule has 2 heterocycles. The van der Waals surface area contributed by atoms with Gasteiger partial charge in [-0.2, -0.15) is 0 Å². The van der Waals surface area contributed by atoms with E-state index in [4.69, 9.17) is 0 Å². The molecule has 2 unspecified atom stereocenters. The molecule has 1 saturated heterocycles. The summed E-state index contributed by atoms with van der Waals surface area (Å²) >= 11 is 1.76. The van der Waals surface area contributed by atoms with E-state index in [1.807, 2.05) is 6.20 Å². The molecule has 1 N–H and O–H groups in total. The Labute approximate surface area is 108 Å². The van der Waals surface area contributed by atoms with Crippen LogP contribution in [-0.2, 0) is 5.54 Å². The van der Waals surface area contributed by atoms with Gasteiger partial charge in [0.25, 0.3) is 0 Å². The summed E-state index contributed by atoms with van der Waals surface area (Å²) in [6.45, 7) is 11.3. The van der Waals surface area contributed by atoms with Gasteiger partial charge in [0.15, 0.2) is 0 Å². The monoisotopic (exact) mass is 253 g/mol. The van der Waals surface area contributed by atoms with Crippen LogP contribution in [0.5, 0.6) is 0 Å². The van der Waals surface area contributed by atoms with Crippen molar-refractivity contribution in [1.29, 1.82) is 0 Å². The lowest BCUT2D eigenvalue weighted by atomic mass is 9.97. The van der Waals surface area contributed by atoms with Crippen LogP contribution in [0, 0.1) is 0 Å². The highest BCUT2D eigenvalue weighted by molar-refractivity contribution is 7.09. The van der Waals surface area contributed by atoms with Crippen molar-refractivity contribution in [2.75, 3.05) is 13.1 Å². The molecule has 2 atom stereocenters. The molecule has 0 amide bonds. The minimum absolute atomic E-state index is 0.0447. The van der Waals surface area contributed by atoms with E-state index in [0.29, 0.717) is 12.1 Å². The molecule has 0 bridgehead atoms. The van der Waals surface area contributed by atoms with Crippen LogP contribution in [-0.4, -0.2) is 35.1 Å². The molecule has 0 aliphatic carbocycles. The highest BCUT2D eigenvalue weighted by Crippen LogP contribution is 2.32. The average molecular weight is 253 g/mol. The molecule has 17 heavy (non-hydrogen) atoms. The van der Waals surface area contributed by atoms with E-state index >= 15 is 0 Å². The van der Waals surface area contributed by atoms with Crippen molar-refractivity contribution >= 4 is 11.3 Å². The molecule has 96 valence electrons. The molecule has 0 spiro atoms. The van der Waals surface area contributed by atoms with E-state index in [9.17, 15) is 0 Å². The van der Waals surface area contributed by atoms with Crippen LogP contribution in [0.25, 0.3) is 0 Å². The summed E-state index contributed by atoms with van der Waals surface area (Å²) in [5.41, 5.74) is 0.0447. The Hall–Kier alpha value is -0.450. The van der Waals surface area contributed by atoms with Crippen molar-refractivity contribution in [2.24, 2.45) is 0 Å². The third-order valence-corrected chi connectivity index (χ3v) is 4.90. The number of rotatable bonds is 3. The maximum absolute atomic E-state index is 4.50. The number of piperazine rings is 1. The Morgan fingerprint density at radius 2 is 2.35 bits per heavy atom. The first-order chi connectivity index (χ1) is 8.05. The summed E-state index contributed by atoms with van der Waals surface area (Å²) in [5.74, 6) is 0. The van der Waals surface area contributed by atoms with Crippen LogP contribution in [0.4, 0.5) is 0 Å². The van der Waals surface area contributed by atoms with Gasteiger partial charge in [-0.05, 0) is 27.2 Å². The van der Waals surface area contributed by atoms with Gasteiger partial charge < -0.3 is 5.32 Å². The van der Waals surface area contributed by atoms with E-state index in [2.05, 4.69) is 48.3 Å². The molecule has 1 aliphatic rings. The highest BCUT2D eigenvalue weighted by atomic mass is 32.1. The van der Waals surface area contributed by atoms with Gasteiger partial charge in [-0.3, -0.25) is 4.90 Å². The number of aromatic nitrogens is 1. The lowest BCUT2D eigenvalue weighted by Gasteiger charge is -2.47. The van der Waals surface area contributed by atoms with Crippen LogP contribution in [0.3, 0.4) is 0 Å². The second kappa shape index (κ2) is 5.04. The quantitative estimate of drug-likeness (QED) is 0.897. The predicted octanol–water partition coefficient (Wildman–Crippen LogP) is 2.45. The largest absolute Gasteiger partial charge is 0.311 e. The van der Waals surface area contributed by atoms with Crippen LogP contribution in [0.1, 0.15) is 39.1 Å². The molecule has 1 aromatic rings. The molecule has 3 nitrogen and oxygen atoms in total. The van der Waals surface area contributed by atoms with Gasteiger partial charge >= 0.3 is 0 Å². The van der Waals surface area contributed by atoms with Crippen molar-refractivity contribution in [2.45, 2.75) is 51.7 Å². The molecule has 1 aliphatic heterocycles. The Kier molecular flexibility index (Phi) is 3.85. The summed E-state index contributed by atoms with van der Waals surface area (Å²) in [6, 6.07) is 1.18. The first-order valence-electron chi connectivity index (χ1n) is 6.45. The SMILES string of the molecule is CCC1CN(C(C)(C)c2nccs2)C(C)CN1. The number of nitrogens with one attached hydrogen (secondary N) is 1. The fourth-order valence-electron chi connectivity index (χ4n) is 2.63. The van der Waals surface area contributed by atoms with Gasteiger partial charge in [-0.15, -0.1) is 11.3 Å². The van der Waals surface area contributed by atoms with Gasteiger partial charge in [-0.1, -0.05) is 6.92 Å². The fraction of sp³-hybridized carbons (Fsp3) is 0.769. The lowest BCUT2D eigenvalue weighted by Crippen LogP contribution is -2.60. The lowest BCUT2D eigenvalue weighted by molar-refractivity contribution is 0.0353. The van der Waals surface area contributed by atoms with Crippen LogP contribution in [0.15, 0.2) is 11.6 Å². The standard InChI is InChI=1S/C13H23N3S/c1-5-11-9-16(10(2)8-15-11)13(3,4)12-14-6-7-17-12/h6-7,10-11,15H,5,8-9H2,1-4H3. The zero-order valence-corrected chi connectivity index (χ0v) is 12.0. The smallest absolute Gasteiger partial charge is 0.112 e. The Bertz CT molecular complexity index is 348. The summed E-state index contributed by atoms with van der Waals surface area (Å²) < 4.78 is 0. The van der Waals surface area contributed by atoms with E-state index in [1.54, 1.807) is 11.3 Å². The van der Waals surface area contributed by atoms with Crippen molar-refractivity contribution in [3.63, 3.8) is 0 Å². The first kappa shape index (κ1) is 13.0. The summed E-state index contributed by atoms with van der Waals surface area (Å²) in [5, 5.41) is 6.90. The molecular formula is C13H23N3S. The van der Waals surface area contributed by atoms with Crippen LogP contribution >= 0.6 is 11.3 Å². The first-order valence-corrected chi connectivity index (χ1v) is 7.33. The molecule has 1 fully saturated rings. The summed E-state index contributed by atoms with van der Waals surface area (Å²) in [6.07, 6.45) is 3.10. The van der Waals surface area contributed by atoms with Gasteiger partial charge in [0.05, 0.1) is 5.54 Å². The highest BCUT2D eigenvalue weighted by Gasteiger charge is 2.37. The molecule has 0 saturated carbocycles. The van der Waals surface area contributed by atoms with Crippen molar-refractivity contribution in [1.82, 2.24) is 15.2 Å². The van der Waals surface area contributed by atoms with Gasteiger partial charge in [0.1, 0.15) is 5.01 Å². The molecule has 2 rings (SSSR count). The topological polar surface area (TPSA) is 28.2 Å². The van der Waals surface area contributed by atoms with Crippen molar-refractivity contribution in [3.05, 3.63) is 16.6 Å². The van der Waals surface area contributed by atoms with Crippen molar-refractivity contribution in [3.8, 4) is 0 Å². The van der Waals surface area contributed by atoms with Crippen molar-refractivity contribution < 1.29 is 0 Å². The number of thiazole rings is 1. The minimum Gasteiger partial charge on any atom is -0.311 e. The summed E-state index contributed by atoms with van der Waals surface area (Å²) in [4.78, 5) is 7.10. The van der Waals surface area contributed by atoms with Gasteiger partial charge in [-0.25, -0.2) is 4.98 Å².